The van der Waals surface area contributed by atoms with Gasteiger partial charge in [0.1, 0.15) is 0 Å². The summed E-state index contributed by atoms with van der Waals surface area (Å²) in [5.74, 6) is -0.684. The second kappa shape index (κ2) is 7.17. The highest BCUT2D eigenvalue weighted by molar-refractivity contribution is 7.89. The largest absolute Gasteiger partial charge is 0.494 e. The normalized spacial score (nSPS) is 16.9. The van der Waals surface area contributed by atoms with Gasteiger partial charge in [0.2, 0.25) is 10.0 Å². The van der Waals surface area contributed by atoms with E-state index >= 15 is 0 Å². The molecule has 2 rings (SSSR count). The number of benzene rings is 1. The number of nitrogens with zero attached hydrogens (tertiary/aromatic N) is 1. The summed E-state index contributed by atoms with van der Waals surface area (Å²) >= 11 is 0. The van der Waals surface area contributed by atoms with Gasteiger partial charge in [-0.15, -0.1) is 0 Å². The third-order valence-corrected chi connectivity index (χ3v) is 4.72. The summed E-state index contributed by atoms with van der Waals surface area (Å²) in [6.07, 6.45) is 0. The summed E-state index contributed by atoms with van der Waals surface area (Å²) in [7, 11) is -2.37. The Morgan fingerprint density at radius 2 is 2.10 bits per heavy atom. The molecule has 1 heterocycles. The molecular formula is C13H19FN2O4S. The molecule has 0 aromatic heterocycles. The van der Waals surface area contributed by atoms with Gasteiger partial charge in [-0.3, -0.25) is 4.90 Å². The lowest BCUT2D eigenvalue weighted by atomic mass is 10.3. The van der Waals surface area contributed by atoms with Gasteiger partial charge in [-0.05, 0) is 12.1 Å². The van der Waals surface area contributed by atoms with Gasteiger partial charge in [-0.1, -0.05) is 0 Å². The van der Waals surface area contributed by atoms with Gasteiger partial charge >= 0.3 is 0 Å². The maximum Gasteiger partial charge on any atom is 0.240 e. The van der Waals surface area contributed by atoms with Crippen molar-refractivity contribution in [3.05, 3.63) is 24.0 Å². The lowest BCUT2D eigenvalue weighted by Crippen LogP contribution is -2.41. The molecular weight excluding hydrogens is 299 g/mol. The molecule has 0 spiro atoms. The van der Waals surface area contributed by atoms with Crippen LogP contribution in [-0.4, -0.2) is 59.8 Å². The number of methoxy groups -OCH3 is 1. The van der Waals surface area contributed by atoms with E-state index in [0.29, 0.717) is 26.3 Å². The van der Waals surface area contributed by atoms with Crippen molar-refractivity contribution < 1.29 is 22.3 Å². The minimum absolute atomic E-state index is 0.0114. The Morgan fingerprint density at radius 3 is 2.76 bits per heavy atom. The fourth-order valence-electron chi connectivity index (χ4n) is 2.05. The molecule has 1 aliphatic rings. The third kappa shape index (κ3) is 4.37. The maximum absolute atomic E-state index is 13.3. The van der Waals surface area contributed by atoms with Crippen LogP contribution >= 0.6 is 0 Å². The number of sulfonamides is 1. The molecule has 1 aromatic rings. The van der Waals surface area contributed by atoms with E-state index in [1.807, 2.05) is 0 Å². The smallest absolute Gasteiger partial charge is 0.240 e. The number of rotatable bonds is 6. The van der Waals surface area contributed by atoms with E-state index < -0.39 is 15.8 Å². The molecule has 0 saturated carbocycles. The zero-order valence-electron chi connectivity index (χ0n) is 11.8. The molecule has 0 bridgehead atoms. The van der Waals surface area contributed by atoms with Gasteiger partial charge in [0.15, 0.2) is 11.6 Å². The van der Waals surface area contributed by atoms with E-state index in [0.717, 1.165) is 19.2 Å². The SMILES string of the molecule is COc1cc(S(=O)(=O)NCCN2CCOCC2)ccc1F. The molecule has 1 fully saturated rings. The molecule has 8 heteroatoms. The van der Waals surface area contributed by atoms with Crippen LogP contribution in [0.15, 0.2) is 23.1 Å². The number of hydrogen-bond acceptors (Lipinski definition) is 5. The summed E-state index contributed by atoms with van der Waals surface area (Å²) in [6, 6.07) is 3.47. The zero-order valence-corrected chi connectivity index (χ0v) is 12.7. The minimum atomic E-state index is -3.67. The number of morpholine rings is 1. The summed E-state index contributed by atoms with van der Waals surface area (Å²) < 4.78 is 50.1. The first-order valence-corrected chi connectivity index (χ1v) is 8.14. The van der Waals surface area contributed by atoms with E-state index in [4.69, 9.17) is 9.47 Å². The van der Waals surface area contributed by atoms with E-state index in [-0.39, 0.29) is 10.6 Å². The van der Waals surface area contributed by atoms with Crippen LogP contribution < -0.4 is 9.46 Å². The van der Waals surface area contributed by atoms with Gasteiger partial charge in [0.05, 0.1) is 25.2 Å². The van der Waals surface area contributed by atoms with Gasteiger partial charge in [-0.2, -0.15) is 0 Å². The molecule has 1 N–H and O–H groups in total. The summed E-state index contributed by atoms with van der Waals surface area (Å²) in [6.45, 7) is 3.84. The molecule has 118 valence electrons. The molecule has 0 amide bonds. The molecule has 1 saturated heterocycles. The molecule has 0 radical (unpaired) electrons. The van der Waals surface area contributed by atoms with Crippen LogP contribution in [0.1, 0.15) is 0 Å². The molecule has 0 aliphatic carbocycles. The van der Waals surface area contributed by atoms with Crippen LogP contribution in [0.4, 0.5) is 4.39 Å². The van der Waals surface area contributed by atoms with Crippen molar-refractivity contribution in [1.82, 2.24) is 9.62 Å². The molecule has 0 unspecified atom stereocenters. The predicted octanol–water partition coefficient (Wildman–Crippen LogP) is 0.445. The summed E-state index contributed by atoms with van der Waals surface area (Å²) in [5, 5.41) is 0. The van der Waals surface area contributed by atoms with Crippen LogP contribution in [0, 0.1) is 5.82 Å². The number of nitrogens with one attached hydrogen (secondary N) is 1. The molecule has 0 atom stereocenters. The topological polar surface area (TPSA) is 67.9 Å². The van der Waals surface area contributed by atoms with E-state index in [2.05, 4.69) is 9.62 Å². The Labute approximate surface area is 123 Å². The molecule has 1 aromatic carbocycles. The fourth-order valence-corrected chi connectivity index (χ4v) is 3.09. The first-order chi connectivity index (χ1) is 10.0. The van der Waals surface area contributed by atoms with Crippen LogP contribution in [0.5, 0.6) is 5.75 Å². The van der Waals surface area contributed by atoms with Gasteiger partial charge < -0.3 is 9.47 Å². The number of ether oxygens (including phenoxy) is 2. The molecule has 1 aliphatic heterocycles. The lowest BCUT2D eigenvalue weighted by Gasteiger charge is -2.26. The Hall–Kier alpha value is -1.22. The van der Waals surface area contributed by atoms with Gasteiger partial charge in [-0.25, -0.2) is 17.5 Å². The van der Waals surface area contributed by atoms with Crippen molar-refractivity contribution >= 4 is 10.0 Å². The average molecular weight is 318 g/mol. The Kier molecular flexibility index (Phi) is 5.51. The van der Waals surface area contributed by atoms with Crippen molar-refractivity contribution in [3.8, 4) is 5.75 Å². The average Bonchev–Trinajstić information content (AvgIpc) is 2.48. The minimum Gasteiger partial charge on any atom is -0.494 e. The van der Waals surface area contributed by atoms with E-state index in [1.165, 1.54) is 19.2 Å². The van der Waals surface area contributed by atoms with Crippen LogP contribution in [0.3, 0.4) is 0 Å². The second-order valence-electron chi connectivity index (χ2n) is 4.65. The van der Waals surface area contributed by atoms with Crippen molar-refractivity contribution in [2.24, 2.45) is 0 Å². The highest BCUT2D eigenvalue weighted by Crippen LogP contribution is 2.21. The summed E-state index contributed by atoms with van der Waals surface area (Å²) in [4.78, 5) is 2.11. The van der Waals surface area contributed by atoms with Crippen molar-refractivity contribution in [1.29, 1.82) is 0 Å². The van der Waals surface area contributed by atoms with Crippen molar-refractivity contribution in [2.75, 3.05) is 46.5 Å². The van der Waals surface area contributed by atoms with E-state index in [9.17, 15) is 12.8 Å². The Bertz CT molecular complexity index is 574. The third-order valence-electron chi connectivity index (χ3n) is 3.26. The zero-order chi connectivity index (χ0) is 15.3. The van der Waals surface area contributed by atoms with E-state index in [1.54, 1.807) is 0 Å². The molecule has 21 heavy (non-hydrogen) atoms. The van der Waals surface area contributed by atoms with Crippen LogP contribution in [-0.2, 0) is 14.8 Å². The lowest BCUT2D eigenvalue weighted by molar-refractivity contribution is 0.0390. The predicted molar refractivity (Wildman–Crippen MR) is 75.4 cm³/mol. The van der Waals surface area contributed by atoms with Gasteiger partial charge in [0.25, 0.3) is 0 Å². The molecule has 6 nitrogen and oxygen atoms in total. The summed E-state index contributed by atoms with van der Waals surface area (Å²) in [5.41, 5.74) is 0. The quantitative estimate of drug-likeness (QED) is 0.824. The Morgan fingerprint density at radius 1 is 1.38 bits per heavy atom. The highest BCUT2D eigenvalue weighted by atomic mass is 32.2. The monoisotopic (exact) mass is 318 g/mol. The van der Waals surface area contributed by atoms with Crippen molar-refractivity contribution in [3.63, 3.8) is 0 Å². The van der Waals surface area contributed by atoms with Gasteiger partial charge in [0, 0.05) is 32.2 Å². The van der Waals surface area contributed by atoms with Crippen molar-refractivity contribution in [2.45, 2.75) is 4.90 Å². The Balaban J connectivity index is 1.94. The highest BCUT2D eigenvalue weighted by Gasteiger charge is 2.17. The number of halogens is 1. The maximum atomic E-state index is 13.3. The second-order valence-corrected chi connectivity index (χ2v) is 6.42. The fraction of sp³-hybridized carbons (Fsp3) is 0.538. The number of hydrogen-bond donors (Lipinski definition) is 1. The van der Waals surface area contributed by atoms with Crippen LogP contribution in [0.2, 0.25) is 0 Å². The standard InChI is InChI=1S/C13H19FN2O4S/c1-19-13-10-11(2-3-12(13)14)21(17,18)15-4-5-16-6-8-20-9-7-16/h2-3,10,15H,4-9H2,1H3. The first kappa shape index (κ1) is 16.2. The first-order valence-electron chi connectivity index (χ1n) is 6.66. The van der Waals surface area contributed by atoms with Crippen LogP contribution in [0.25, 0.3) is 0 Å².